The molecule has 2 aromatic rings. The van der Waals surface area contributed by atoms with Gasteiger partial charge in [0.2, 0.25) is 5.88 Å². The molecule has 0 amide bonds. The van der Waals surface area contributed by atoms with Crippen molar-refractivity contribution in [3.05, 3.63) is 54.2 Å². The van der Waals surface area contributed by atoms with Crippen LogP contribution in [0.15, 0.2) is 48.7 Å². The Morgan fingerprint density at radius 3 is 2.56 bits per heavy atom. The molecule has 1 aromatic carbocycles. The smallest absolute Gasteiger partial charge is 0.213 e. The number of hydrogen-bond acceptors (Lipinski definition) is 3. The molecule has 0 bridgehead atoms. The van der Waals surface area contributed by atoms with E-state index in [1.54, 1.807) is 6.20 Å². The average Bonchev–Trinajstić information content (AvgIpc) is 2.42. The van der Waals surface area contributed by atoms with Gasteiger partial charge in [-0.15, -0.1) is 0 Å². The first-order valence-electron chi connectivity index (χ1n) is 6.20. The molecule has 0 saturated carbocycles. The highest BCUT2D eigenvalue weighted by Crippen LogP contribution is 2.19. The number of anilines is 1. The first kappa shape index (κ1) is 12.4. The van der Waals surface area contributed by atoms with E-state index in [0.29, 0.717) is 12.5 Å². The summed E-state index contributed by atoms with van der Waals surface area (Å²) in [6, 6.07) is 14.5. The number of nitrogens with one attached hydrogen (secondary N) is 1. The molecule has 94 valence electrons. The molecule has 18 heavy (non-hydrogen) atoms. The number of pyridine rings is 1. The fourth-order valence-corrected chi connectivity index (χ4v) is 1.77. The van der Waals surface area contributed by atoms with E-state index < -0.39 is 0 Å². The van der Waals surface area contributed by atoms with Gasteiger partial charge in [0.15, 0.2) is 0 Å². The second-order valence-corrected chi connectivity index (χ2v) is 4.09. The maximum Gasteiger partial charge on any atom is 0.213 e. The second-order valence-electron chi connectivity index (χ2n) is 4.09. The molecular formula is C15H18N2O. The van der Waals surface area contributed by atoms with Gasteiger partial charge in [-0.3, -0.25) is 0 Å². The maximum atomic E-state index is 5.31. The summed E-state index contributed by atoms with van der Waals surface area (Å²) in [6.45, 7) is 4.72. The molecule has 1 heterocycles. The summed E-state index contributed by atoms with van der Waals surface area (Å²) in [5.74, 6) is 0.662. The minimum absolute atomic E-state index is 0.256. The summed E-state index contributed by atoms with van der Waals surface area (Å²) in [5.41, 5.74) is 2.25. The lowest BCUT2D eigenvalue weighted by Crippen LogP contribution is -2.06. The van der Waals surface area contributed by atoms with Crippen LogP contribution < -0.4 is 10.1 Å². The largest absolute Gasteiger partial charge is 0.478 e. The van der Waals surface area contributed by atoms with Crippen molar-refractivity contribution in [3.8, 4) is 5.88 Å². The molecule has 0 aliphatic carbocycles. The summed E-state index contributed by atoms with van der Waals surface area (Å²) in [4.78, 5) is 4.23. The minimum Gasteiger partial charge on any atom is -0.478 e. The number of rotatable bonds is 5. The summed E-state index contributed by atoms with van der Waals surface area (Å²) in [5, 5.41) is 3.41. The molecule has 0 spiro atoms. The van der Waals surface area contributed by atoms with Crippen LogP contribution in [0, 0.1) is 0 Å². The van der Waals surface area contributed by atoms with Crippen LogP contribution in [0.5, 0.6) is 5.88 Å². The van der Waals surface area contributed by atoms with E-state index in [4.69, 9.17) is 4.74 Å². The molecule has 1 N–H and O–H groups in total. The van der Waals surface area contributed by atoms with Crippen LogP contribution in [0.2, 0.25) is 0 Å². The van der Waals surface area contributed by atoms with Gasteiger partial charge < -0.3 is 10.1 Å². The van der Waals surface area contributed by atoms with Gasteiger partial charge in [0.25, 0.3) is 0 Å². The van der Waals surface area contributed by atoms with Crippen LogP contribution in [-0.2, 0) is 0 Å². The van der Waals surface area contributed by atoms with Crippen molar-refractivity contribution in [2.75, 3.05) is 11.9 Å². The molecule has 1 atom stereocenters. The Morgan fingerprint density at radius 2 is 1.94 bits per heavy atom. The summed E-state index contributed by atoms with van der Waals surface area (Å²) in [7, 11) is 0. The molecule has 2 rings (SSSR count). The third-order valence-corrected chi connectivity index (χ3v) is 2.71. The summed E-state index contributed by atoms with van der Waals surface area (Å²) >= 11 is 0. The Hall–Kier alpha value is -2.03. The van der Waals surface area contributed by atoms with Crippen LogP contribution in [0.4, 0.5) is 5.69 Å². The standard InChI is InChI=1S/C15H18N2O/c1-3-18-15-10-9-14(11-16-15)17-12(2)13-7-5-4-6-8-13/h4-12,17H,3H2,1-2H3. The normalized spacial score (nSPS) is 11.9. The van der Waals surface area contributed by atoms with Crippen molar-refractivity contribution < 1.29 is 4.74 Å². The van der Waals surface area contributed by atoms with Gasteiger partial charge in [0.1, 0.15) is 0 Å². The van der Waals surface area contributed by atoms with Gasteiger partial charge in [-0.05, 0) is 25.5 Å². The zero-order chi connectivity index (χ0) is 12.8. The van der Waals surface area contributed by atoms with Crippen LogP contribution in [0.25, 0.3) is 0 Å². The second kappa shape index (κ2) is 6.05. The maximum absolute atomic E-state index is 5.31. The molecular weight excluding hydrogens is 224 g/mol. The quantitative estimate of drug-likeness (QED) is 0.869. The first-order valence-corrected chi connectivity index (χ1v) is 6.20. The molecule has 0 aliphatic heterocycles. The summed E-state index contributed by atoms with van der Waals surface area (Å²) in [6.07, 6.45) is 1.80. The fraction of sp³-hybridized carbons (Fsp3) is 0.267. The van der Waals surface area contributed by atoms with E-state index in [-0.39, 0.29) is 6.04 Å². The fourth-order valence-electron chi connectivity index (χ4n) is 1.77. The Balaban J connectivity index is 2.01. The van der Waals surface area contributed by atoms with E-state index in [1.807, 2.05) is 37.3 Å². The highest BCUT2D eigenvalue weighted by atomic mass is 16.5. The molecule has 1 aromatic heterocycles. The van der Waals surface area contributed by atoms with Gasteiger partial charge >= 0.3 is 0 Å². The van der Waals surface area contributed by atoms with Gasteiger partial charge in [0.05, 0.1) is 18.5 Å². The zero-order valence-electron chi connectivity index (χ0n) is 10.8. The van der Waals surface area contributed by atoms with Gasteiger partial charge in [-0.1, -0.05) is 30.3 Å². The molecule has 0 aliphatic rings. The van der Waals surface area contributed by atoms with Crippen LogP contribution in [0.3, 0.4) is 0 Å². The van der Waals surface area contributed by atoms with Crippen LogP contribution in [0.1, 0.15) is 25.5 Å². The third kappa shape index (κ3) is 3.23. The monoisotopic (exact) mass is 242 g/mol. The van der Waals surface area contributed by atoms with E-state index in [0.717, 1.165) is 5.69 Å². The molecule has 0 fully saturated rings. The topological polar surface area (TPSA) is 34.1 Å². The lowest BCUT2D eigenvalue weighted by Gasteiger charge is -2.15. The van der Waals surface area contributed by atoms with E-state index in [1.165, 1.54) is 5.56 Å². The Bertz CT molecular complexity index is 468. The van der Waals surface area contributed by atoms with Crippen molar-refractivity contribution in [2.24, 2.45) is 0 Å². The third-order valence-electron chi connectivity index (χ3n) is 2.71. The van der Waals surface area contributed by atoms with Gasteiger partial charge in [0, 0.05) is 12.1 Å². The van der Waals surface area contributed by atoms with Gasteiger partial charge in [-0.25, -0.2) is 4.98 Å². The lowest BCUT2D eigenvalue weighted by atomic mass is 10.1. The number of aromatic nitrogens is 1. The Labute approximate surface area is 108 Å². The number of nitrogens with zero attached hydrogens (tertiary/aromatic N) is 1. The Morgan fingerprint density at radius 1 is 1.17 bits per heavy atom. The Kier molecular flexibility index (Phi) is 4.18. The number of hydrogen-bond donors (Lipinski definition) is 1. The van der Waals surface area contributed by atoms with Crippen molar-refractivity contribution in [2.45, 2.75) is 19.9 Å². The van der Waals surface area contributed by atoms with Gasteiger partial charge in [-0.2, -0.15) is 0 Å². The van der Waals surface area contributed by atoms with Crippen molar-refractivity contribution >= 4 is 5.69 Å². The lowest BCUT2D eigenvalue weighted by molar-refractivity contribution is 0.327. The van der Waals surface area contributed by atoms with E-state index in [2.05, 4.69) is 29.4 Å². The predicted octanol–water partition coefficient (Wildman–Crippen LogP) is 3.65. The van der Waals surface area contributed by atoms with Crippen molar-refractivity contribution in [1.29, 1.82) is 0 Å². The number of benzene rings is 1. The first-order chi connectivity index (χ1) is 8.79. The van der Waals surface area contributed by atoms with Crippen molar-refractivity contribution in [1.82, 2.24) is 4.98 Å². The predicted molar refractivity (Wildman–Crippen MR) is 73.9 cm³/mol. The van der Waals surface area contributed by atoms with Crippen LogP contribution >= 0.6 is 0 Å². The molecule has 3 nitrogen and oxygen atoms in total. The highest BCUT2D eigenvalue weighted by molar-refractivity contribution is 5.44. The van der Waals surface area contributed by atoms with Crippen LogP contribution in [-0.4, -0.2) is 11.6 Å². The molecule has 1 unspecified atom stereocenters. The molecule has 3 heteroatoms. The number of ether oxygens (including phenoxy) is 1. The average molecular weight is 242 g/mol. The van der Waals surface area contributed by atoms with E-state index in [9.17, 15) is 0 Å². The van der Waals surface area contributed by atoms with Crippen molar-refractivity contribution in [3.63, 3.8) is 0 Å². The minimum atomic E-state index is 0.256. The SMILES string of the molecule is CCOc1ccc(NC(C)c2ccccc2)cn1. The molecule has 0 radical (unpaired) electrons. The molecule has 0 saturated heterocycles. The highest BCUT2D eigenvalue weighted by Gasteiger charge is 2.04. The van der Waals surface area contributed by atoms with E-state index >= 15 is 0 Å². The summed E-state index contributed by atoms with van der Waals surface area (Å²) < 4.78 is 5.31. The zero-order valence-corrected chi connectivity index (χ0v) is 10.8.